The summed E-state index contributed by atoms with van der Waals surface area (Å²) in [5.74, 6) is -0.718. The minimum Gasteiger partial charge on any atom is -0.342 e. The summed E-state index contributed by atoms with van der Waals surface area (Å²) in [6.45, 7) is 11.8. The van der Waals surface area contributed by atoms with Crippen LogP contribution in [0.15, 0.2) is 48.8 Å². The summed E-state index contributed by atoms with van der Waals surface area (Å²) in [6, 6.07) is 9.26. The lowest BCUT2D eigenvalue weighted by molar-refractivity contribution is -0.385. The molecule has 0 spiro atoms. The van der Waals surface area contributed by atoms with Crippen LogP contribution < -0.4 is 0 Å². The highest BCUT2D eigenvalue weighted by molar-refractivity contribution is 5.98. The van der Waals surface area contributed by atoms with Gasteiger partial charge in [-0.3, -0.25) is 24.7 Å². The minimum absolute atomic E-state index is 0.0164. The second-order valence-corrected chi connectivity index (χ2v) is 9.64. The molecule has 0 amide bonds. The lowest BCUT2D eigenvalue weighted by atomic mass is 9.98. The Morgan fingerprint density at radius 3 is 2.54 bits per heavy atom. The number of rotatable bonds is 13. The molecule has 0 atom stereocenters. The zero-order valence-electron chi connectivity index (χ0n) is 22.1. The fourth-order valence-electron chi connectivity index (χ4n) is 4.43. The molecule has 0 unspecified atom stereocenters. The number of benzene rings is 1. The van der Waals surface area contributed by atoms with E-state index in [1.54, 1.807) is 6.20 Å². The van der Waals surface area contributed by atoms with Crippen LogP contribution in [0.25, 0.3) is 0 Å². The maximum absolute atomic E-state index is 13.9. The summed E-state index contributed by atoms with van der Waals surface area (Å²) in [5.41, 5.74) is 3.58. The first-order chi connectivity index (χ1) is 17.6. The molecular weight excluding hydrogens is 475 g/mol. The van der Waals surface area contributed by atoms with Gasteiger partial charge < -0.3 is 4.57 Å². The predicted molar refractivity (Wildman–Crippen MR) is 140 cm³/mol. The second kappa shape index (κ2) is 12.7. The molecule has 0 fully saturated rings. The zero-order chi connectivity index (χ0) is 27.1. The van der Waals surface area contributed by atoms with Crippen LogP contribution in [0.5, 0.6) is 0 Å². The van der Waals surface area contributed by atoms with E-state index < -0.39 is 10.7 Å². The maximum Gasteiger partial charge on any atom is 0.272 e. The summed E-state index contributed by atoms with van der Waals surface area (Å²) in [7, 11) is 0. The number of non-ortho nitro benzene ring substituents is 1. The van der Waals surface area contributed by atoms with Gasteiger partial charge in [0.25, 0.3) is 5.69 Å². The van der Waals surface area contributed by atoms with E-state index in [0.717, 1.165) is 23.0 Å². The van der Waals surface area contributed by atoms with E-state index in [-0.39, 0.29) is 36.3 Å². The third-order valence-electron chi connectivity index (χ3n) is 5.98. The molecule has 198 valence electrons. The number of nitro benzene ring substituents is 1. The van der Waals surface area contributed by atoms with Crippen LogP contribution in [0.2, 0.25) is 0 Å². The van der Waals surface area contributed by atoms with Crippen molar-refractivity contribution < 1.29 is 18.9 Å². The van der Waals surface area contributed by atoms with Crippen LogP contribution >= 0.6 is 0 Å². The third-order valence-corrected chi connectivity index (χ3v) is 5.98. The summed E-state index contributed by atoms with van der Waals surface area (Å²) in [6.07, 6.45) is 3.87. The number of carbonyl (C=O) groups is 1. The van der Waals surface area contributed by atoms with Crippen LogP contribution in [0.1, 0.15) is 79.8 Å². The van der Waals surface area contributed by atoms with E-state index in [1.165, 1.54) is 12.1 Å². The molecule has 0 saturated heterocycles. The van der Waals surface area contributed by atoms with Crippen LogP contribution in [-0.4, -0.2) is 38.0 Å². The number of Topliss-reactive ketones (excluding diaryl/α,β-unsaturated/α-hetero) is 1. The maximum atomic E-state index is 13.9. The van der Waals surface area contributed by atoms with Crippen molar-refractivity contribution in [3.8, 4) is 0 Å². The highest BCUT2D eigenvalue weighted by Crippen LogP contribution is 2.28. The highest BCUT2D eigenvalue weighted by Gasteiger charge is 2.24. The summed E-state index contributed by atoms with van der Waals surface area (Å²) < 4.78 is 16.1. The third kappa shape index (κ3) is 7.53. The second-order valence-electron chi connectivity index (χ2n) is 9.64. The minimum atomic E-state index is -0.686. The van der Waals surface area contributed by atoms with Crippen LogP contribution in [0, 0.1) is 15.9 Å². The van der Waals surface area contributed by atoms with Gasteiger partial charge in [0.1, 0.15) is 5.82 Å². The van der Waals surface area contributed by atoms with Gasteiger partial charge in [-0.25, -0.2) is 4.39 Å². The molecule has 0 saturated carbocycles. The predicted octanol–water partition coefficient (Wildman–Crippen LogP) is 6.08. The molecule has 1 aromatic carbocycles. The number of hydroxylamine groups is 2. The Morgan fingerprint density at radius 2 is 1.95 bits per heavy atom. The van der Waals surface area contributed by atoms with Crippen LogP contribution in [0.4, 0.5) is 10.1 Å². The van der Waals surface area contributed by atoms with Crippen molar-refractivity contribution in [3.05, 3.63) is 92.8 Å². The van der Waals surface area contributed by atoms with E-state index in [2.05, 4.69) is 9.55 Å². The van der Waals surface area contributed by atoms with Crippen molar-refractivity contribution in [1.82, 2.24) is 14.6 Å². The van der Waals surface area contributed by atoms with Gasteiger partial charge in [-0.2, -0.15) is 5.06 Å². The molecule has 0 bridgehead atoms. The van der Waals surface area contributed by atoms with Gasteiger partial charge in [0.2, 0.25) is 0 Å². The van der Waals surface area contributed by atoms with E-state index >= 15 is 0 Å². The number of pyridine rings is 1. The zero-order valence-corrected chi connectivity index (χ0v) is 22.1. The topological polar surface area (TPSA) is 90.5 Å². The number of nitrogens with zero attached hydrogens (tertiary/aromatic N) is 4. The molecule has 9 heteroatoms. The molecule has 0 N–H and O–H groups in total. The summed E-state index contributed by atoms with van der Waals surface area (Å²) in [4.78, 5) is 34.2. The van der Waals surface area contributed by atoms with Gasteiger partial charge >= 0.3 is 0 Å². The van der Waals surface area contributed by atoms with Gasteiger partial charge in [0, 0.05) is 54.9 Å². The van der Waals surface area contributed by atoms with Crippen molar-refractivity contribution >= 4 is 11.5 Å². The Hall–Kier alpha value is -3.43. The SMILES string of the molecule is CCN(Cc1cc(C(=O)CCc2cc(F)cc([N+](=O)[O-])c2)c(C(C)C)n1Cc1cccnc1)OC(C)C. The molecule has 8 nitrogen and oxygen atoms in total. The molecule has 0 aliphatic rings. The largest absolute Gasteiger partial charge is 0.342 e. The first kappa shape index (κ1) is 28.1. The number of aryl methyl sites for hydroxylation is 1. The normalized spacial score (nSPS) is 11.6. The molecule has 2 heterocycles. The molecule has 2 aromatic heterocycles. The van der Waals surface area contributed by atoms with Gasteiger partial charge in [-0.15, -0.1) is 0 Å². The Bertz CT molecular complexity index is 1220. The van der Waals surface area contributed by atoms with Crippen molar-refractivity contribution in [1.29, 1.82) is 0 Å². The number of halogens is 1. The quantitative estimate of drug-likeness (QED) is 0.157. The van der Waals surface area contributed by atoms with Crippen molar-refractivity contribution in [2.75, 3.05) is 6.54 Å². The number of hydrogen-bond donors (Lipinski definition) is 0. The average molecular weight is 511 g/mol. The fraction of sp³-hybridized carbons (Fsp3) is 0.429. The number of hydrogen-bond acceptors (Lipinski definition) is 6. The monoisotopic (exact) mass is 510 g/mol. The van der Waals surface area contributed by atoms with Crippen LogP contribution in [0.3, 0.4) is 0 Å². The molecule has 3 aromatic rings. The Morgan fingerprint density at radius 1 is 1.19 bits per heavy atom. The van der Waals surface area contributed by atoms with Crippen molar-refractivity contribution in [2.45, 2.75) is 72.6 Å². The molecule has 0 aliphatic heterocycles. The molecule has 0 aliphatic carbocycles. The number of nitro groups is 1. The van der Waals surface area contributed by atoms with E-state index in [0.29, 0.717) is 30.8 Å². The van der Waals surface area contributed by atoms with E-state index in [4.69, 9.17) is 4.84 Å². The average Bonchev–Trinajstić information content (AvgIpc) is 3.20. The van der Waals surface area contributed by atoms with Crippen molar-refractivity contribution in [3.63, 3.8) is 0 Å². The van der Waals surface area contributed by atoms with Crippen LogP contribution in [-0.2, 0) is 24.3 Å². The molecule has 0 radical (unpaired) electrons. The first-order valence-electron chi connectivity index (χ1n) is 12.6. The van der Waals surface area contributed by atoms with Crippen molar-refractivity contribution in [2.24, 2.45) is 0 Å². The standard InChI is InChI=1S/C28H35FN4O4/c1-6-31(37-20(4)5)18-25-15-26(28(19(2)3)32(25)17-22-8-7-11-30-16-22)27(34)10-9-21-12-23(29)14-24(13-21)33(35)36/h7-8,11-16,19-20H,6,9-10,17-18H2,1-5H3. The Labute approximate surface area is 217 Å². The summed E-state index contributed by atoms with van der Waals surface area (Å²) >= 11 is 0. The summed E-state index contributed by atoms with van der Waals surface area (Å²) in [5, 5.41) is 13.0. The van der Waals surface area contributed by atoms with Gasteiger partial charge in [0.15, 0.2) is 5.78 Å². The molecule has 37 heavy (non-hydrogen) atoms. The Balaban J connectivity index is 1.96. The fourth-order valence-corrected chi connectivity index (χ4v) is 4.43. The first-order valence-corrected chi connectivity index (χ1v) is 12.6. The Kier molecular flexibility index (Phi) is 9.66. The van der Waals surface area contributed by atoms with Gasteiger partial charge in [-0.05, 0) is 55.5 Å². The highest BCUT2D eigenvalue weighted by atomic mass is 19.1. The smallest absolute Gasteiger partial charge is 0.272 e. The van der Waals surface area contributed by atoms with E-state index in [1.807, 2.05) is 64.1 Å². The number of aromatic nitrogens is 2. The molecule has 3 rings (SSSR count). The molecular formula is C28H35FN4O4. The van der Waals surface area contributed by atoms with E-state index in [9.17, 15) is 19.3 Å². The lowest BCUT2D eigenvalue weighted by Gasteiger charge is -2.24. The number of ketones is 1. The van der Waals surface area contributed by atoms with Gasteiger partial charge in [-0.1, -0.05) is 26.8 Å². The lowest BCUT2D eigenvalue weighted by Crippen LogP contribution is -2.28. The number of carbonyl (C=O) groups excluding carboxylic acids is 1. The van der Waals surface area contributed by atoms with Gasteiger partial charge in [0.05, 0.1) is 23.6 Å².